The Bertz CT molecular complexity index is 1880. The lowest BCUT2D eigenvalue weighted by atomic mass is 9.87. The summed E-state index contributed by atoms with van der Waals surface area (Å²) in [5.74, 6) is -1.45. The van der Waals surface area contributed by atoms with E-state index in [2.05, 4.69) is 9.80 Å². The second-order valence-electron chi connectivity index (χ2n) is 18.6. The van der Waals surface area contributed by atoms with Crippen LogP contribution in [0.3, 0.4) is 0 Å². The van der Waals surface area contributed by atoms with Crippen molar-refractivity contribution in [3.63, 3.8) is 0 Å². The van der Waals surface area contributed by atoms with Gasteiger partial charge in [0.05, 0.1) is 0 Å². The van der Waals surface area contributed by atoms with Crippen LogP contribution >= 0.6 is 0 Å². The van der Waals surface area contributed by atoms with Crippen molar-refractivity contribution < 1.29 is 39.6 Å². The predicted octanol–water partition coefficient (Wildman–Crippen LogP) is 7.52. The number of ketones is 4. The van der Waals surface area contributed by atoms with E-state index in [-0.39, 0.29) is 35.2 Å². The third kappa shape index (κ3) is 12.2. The maximum atomic E-state index is 13.1. The molecule has 5 rings (SSSR count). The first-order valence-corrected chi connectivity index (χ1v) is 20.8. The first-order chi connectivity index (χ1) is 27.9. The molecular weight excluding hydrogens is 757 g/mol. The van der Waals surface area contributed by atoms with Crippen LogP contribution in [-0.2, 0) is 26.2 Å². The highest BCUT2D eigenvalue weighted by atomic mass is 16.3. The Hall–Kier alpha value is -4.68. The van der Waals surface area contributed by atoms with E-state index in [1.54, 1.807) is 24.3 Å². The van der Waals surface area contributed by atoms with Gasteiger partial charge in [-0.25, -0.2) is 0 Å². The summed E-state index contributed by atoms with van der Waals surface area (Å²) in [6.45, 7) is 13.9. The number of hydrogen-bond donors (Lipinski definition) is 4. The van der Waals surface area contributed by atoms with E-state index in [1.807, 2.05) is 72.8 Å². The number of aliphatic hydroxyl groups is 4. The van der Waals surface area contributed by atoms with E-state index in [1.165, 1.54) is 55.4 Å². The van der Waals surface area contributed by atoms with Crippen molar-refractivity contribution in [2.75, 3.05) is 0 Å². The first-order valence-electron chi connectivity index (χ1n) is 20.8. The molecule has 0 amide bonds. The van der Waals surface area contributed by atoms with E-state index in [9.17, 15) is 39.6 Å². The molecule has 0 saturated heterocycles. The molecule has 10 nitrogen and oxygen atoms in total. The van der Waals surface area contributed by atoms with Crippen molar-refractivity contribution in [1.82, 2.24) is 9.80 Å². The molecule has 0 unspecified atom stereocenters. The zero-order chi connectivity index (χ0) is 44.2. The van der Waals surface area contributed by atoms with Crippen molar-refractivity contribution in [3.05, 3.63) is 142 Å². The molecule has 0 radical (unpaired) electrons. The van der Waals surface area contributed by atoms with Gasteiger partial charge in [0.25, 0.3) is 0 Å². The Labute approximate surface area is 354 Å². The van der Waals surface area contributed by atoms with Crippen molar-refractivity contribution >= 4 is 23.1 Å². The van der Waals surface area contributed by atoms with Crippen molar-refractivity contribution in [2.45, 2.75) is 142 Å². The van der Waals surface area contributed by atoms with Gasteiger partial charge in [0.2, 0.25) is 0 Å². The quantitative estimate of drug-likeness (QED) is 0.0742. The Morgan fingerprint density at radius 1 is 0.417 bits per heavy atom. The topological polar surface area (TPSA) is 156 Å². The van der Waals surface area contributed by atoms with Gasteiger partial charge in [-0.2, -0.15) is 0 Å². The fourth-order valence-corrected chi connectivity index (χ4v) is 8.01. The molecule has 1 aliphatic rings. The molecule has 320 valence electrons. The lowest BCUT2D eigenvalue weighted by Crippen LogP contribution is -2.43. The Balaban J connectivity index is 1.44. The molecule has 4 N–H and O–H groups in total. The van der Waals surface area contributed by atoms with E-state index < -0.39 is 22.4 Å². The van der Waals surface area contributed by atoms with Crippen LogP contribution in [0.1, 0.15) is 145 Å². The third-order valence-electron chi connectivity index (χ3n) is 11.2. The van der Waals surface area contributed by atoms with Gasteiger partial charge < -0.3 is 20.4 Å². The standard InChI is InChI=1S/C50H62N2O8/c1-47(2,57)43(53)37-17-9-13-33(25-37)29-51(30-34-14-10-18-38(26-34)44(54)48(3,4)58)41-21-23-42(24-22-41)52(31-35-15-11-19-39(27-35)45(55)49(5,6)59)32-36-16-12-20-40(28-36)46(56)50(7,8)60/h9-20,25-28,41-42,57-60H,21-24,29-32H2,1-8H3. The highest BCUT2D eigenvalue weighted by molar-refractivity contribution is 6.03. The summed E-state index contributed by atoms with van der Waals surface area (Å²) in [4.78, 5) is 57.0. The molecular formula is C50H62N2O8. The second kappa shape index (κ2) is 18.5. The summed E-state index contributed by atoms with van der Waals surface area (Å²) >= 11 is 0. The highest BCUT2D eigenvalue weighted by Gasteiger charge is 2.33. The van der Waals surface area contributed by atoms with Gasteiger partial charge in [0.15, 0.2) is 23.1 Å². The van der Waals surface area contributed by atoms with Crippen LogP contribution in [0, 0.1) is 0 Å². The molecule has 1 saturated carbocycles. The predicted molar refractivity (Wildman–Crippen MR) is 233 cm³/mol. The molecule has 10 heteroatoms. The summed E-state index contributed by atoms with van der Waals surface area (Å²) in [7, 11) is 0. The van der Waals surface area contributed by atoms with Gasteiger partial charge in [-0.1, -0.05) is 72.8 Å². The summed E-state index contributed by atoms with van der Waals surface area (Å²) < 4.78 is 0. The number of nitrogens with zero attached hydrogens (tertiary/aromatic N) is 2. The van der Waals surface area contributed by atoms with Crippen molar-refractivity contribution in [1.29, 1.82) is 0 Å². The lowest BCUT2D eigenvalue weighted by Gasteiger charge is -2.41. The molecule has 0 bridgehead atoms. The SMILES string of the molecule is CC(C)(O)C(=O)c1cccc(CN(Cc2cccc(C(=O)C(C)(C)O)c2)C2CCC(N(Cc3cccc(C(=O)C(C)(C)O)c3)Cc3cccc(C(=O)C(C)(C)O)c3)CC2)c1. The molecule has 0 aliphatic heterocycles. The molecule has 4 aromatic carbocycles. The minimum Gasteiger partial charge on any atom is -0.382 e. The first kappa shape index (κ1) is 46.4. The summed E-state index contributed by atoms with van der Waals surface area (Å²) in [5, 5.41) is 41.9. The highest BCUT2D eigenvalue weighted by Crippen LogP contribution is 2.32. The molecule has 0 aromatic heterocycles. The van der Waals surface area contributed by atoms with Gasteiger partial charge in [-0.3, -0.25) is 29.0 Å². The number of benzene rings is 4. The third-order valence-corrected chi connectivity index (χ3v) is 11.2. The second-order valence-corrected chi connectivity index (χ2v) is 18.6. The molecule has 1 fully saturated rings. The summed E-state index contributed by atoms with van der Waals surface area (Å²) in [6, 6.07) is 29.7. The lowest BCUT2D eigenvalue weighted by molar-refractivity contribution is 0.0486. The number of Topliss-reactive ketones (excluding diaryl/α,β-unsaturated/α-hetero) is 4. The van der Waals surface area contributed by atoms with Gasteiger partial charge in [0.1, 0.15) is 22.4 Å². The van der Waals surface area contributed by atoms with Crippen molar-refractivity contribution in [3.8, 4) is 0 Å². The molecule has 0 atom stereocenters. The van der Waals surface area contributed by atoms with Gasteiger partial charge in [-0.05, 0) is 128 Å². The van der Waals surface area contributed by atoms with Crippen LogP contribution < -0.4 is 0 Å². The van der Waals surface area contributed by atoms with E-state index in [0.29, 0.717) is 48.4 Å². The smallest absolute Gasteiger partial charge is 0.193 e. The van der Waals surface area contributed by atoms with Crippen LogP contribution in [0.25, 0.3) is 0 Å². The molecule has 0 spiro atoms. The van der Waals surface area contributed by atoms with Crippen LogP contribution in [0.15, 0.2) is 97.1 Å². The zero-order valence-electron chi connectivity index (χ0n) is 36.4. The van der Waals surface area contributed by atoms with Crippen LogP contribution in [0.4, 0.5) is 0 Å². The molecule has 60 heavy (non-hydrogen) atoms. The number of rotatable bonds is 18. The zero-order valence-corrected chi connectivity index (χ0v) is 36.4. The number of hydrogen-bond acceptors (Lipinski definition) is 10. The largest absolute Gasteiger partial charge is 0.382 e. The minimum absolute atomic E-state index is 0.130. The molecule has 4 aromatic rings. The maximum Gasteiger partial charge on any atom is 0.193 e. The monoisotopic (exact) mass is 818 g/mol. The van der Waals surface area contributed by atoms with E-state index >= 15 is 0 Å². The van der Waals surface area contributed by atoms with E-state index in [0.717, 1.165) is 47.9 Å². The van der Waals surface area contributed by atoms with E-state index in [4.69, 9.17) is 0 Å². The summed E-state index contributed by atoms with van der Waals surface area (Å²) in [5.41, 5.74) is -0.698. The average molecular weight is 819 g/mol. The Morgan fingerprint density at radius 2 is 0.617 bits per heavy atom. The van der Waals surface area contributed by atoms with Crippen LogP contribution in [0.2, 0.25) is 0 Å². The Kier molecular flexibility index (Phi) is 14.3. The van der Waals surface area contributed by atoms with Crippen LogP contribution in [-0.4, -0.2) is 87.8 Å². The fourth-order valence-electron chi connectivity index (χ4n) is 8.01. The maximum absolute atomic E-state index is 13.1. The normalized spacial score (nSPS) is 16.6. The van der Waals surface area contributed by atoms with Gasteiger partial charge >= 0.3 is 0 Å². The van der Waals surface area contributed by atoms with Crippen LogP contribution in [0.5, 0.6) is 0 Å². The number of carbonyl (C=O) groups is 4. The van der Waals surface area contributed by atoms with Gasteiger partial charge in [-0.15, -0.1) is 0 Å². The average Bonchev–Trinajstić information content (AvgIpc) is 3.18. The number of carbonyl (C=O) groups excluding carboxylic acids is 4. The molecule has 1 aliphatic carbocycles. The van der Waals surface area contributed by atoms with Gasteiger partial charge in [0, 0.05) is 60.5 Å². The summed E-state index contributed by atoms with van der Waals surface area (Å²) in [6.07, 6.45) is 3.33. The molecule has 0 heterocycles. The fraction of sp³-hybridized carbons (Fsp3) is 0.440. The van der Waals surface area contributed by atoms with Crippen molar-refractivity contribution in [2.24, 2.45) is 0 Å². The minimum atomic E-state index is -1.52. The Morgan fingerprint density at radius 3 is 0.800 bits per heavy atom.